The third-order valence-corrected chi connectivity index (χ3v) is 5.78. The molecule has 1 aromatic rings. The normalized spacial score (nSPS) is 32.3. The second-order valence-corrected chi connectivity index (χ2v) is 7.44. The van der Waals surface area contributed by atoms with E-state index in [0.29, 0.717) is 12.3 Å². The van der Waals surface area contributed by atoms with Crippen molar-refractivity contribution in [3.8, 4) is 0 Å². The van der Waals surface area contributed by atoms with E-state index in [2.05, 4.69) is 4.90 Å². The van der Waals surface area contributed by atoms with Crippen LogP contribution in [0.4, 0.5) is 0 Å². The van der Waals surface area contributed by atoms with Crippen LogP contribution in [0.15, 0.2) is 30.3 Å². The fraction of sp³-hybridized carbons (Fsp3) is 0.632. The summed E-state index contributed by atoms with van der Waals surface area (Å²) in [5.74, 6) is 0.128. The highest BCUT2D eigenvalue weighted by atomic mass is 16.6. The zero-order valence-electron chi connectivity index (χ0n) is 13.5. The van der Waals surface area contributed by atoms with Crippen molar-refractivity contribution < 1.29 is 14.6 Å². The Morgan fingerprint density at radius 3 is 2.43 bits per heavy atom. The van der Waals surface area contributed by atoms with Crippen LogP contribution in [0, 0.1) is 11.8 Å². The van der Waals surface area contributed by atoms with Gasteiger partial charge >= 0.3 is 5.97 Å². The van der Waals surface area contributed by atoms with Gasteiger partial charge in [0.1, 0.15) is 6.10 Å². The average Bonchev–Trinajstić information content (AvgIpc) is 3.42. The van der Waals surface area contributed by atoms with Crippen LogP contribution in [0.5, 0.6) is 0 Å². The van der Waals surface area contributed by atoms with E-state index in [9.17, 15) is 9.90 Å². The van der Waals surface area contributed by atoms with Gasteiger partial charge in [0.2, 0.25) is 0 Å². The second kappa shape index (κ2) is 5.91. The lowest BCUT2D eigenvalue weighted by Crippen LogP contribution is -2.54. The number of benzene rings is 1. The monoisotopic (exact) mass is 315 g/mol. The minimum atomic E-state index is -1.35. The van der Waals surface area contributed by atoms with Crippen molar-refractivity contribution in [2.24, 2.45) is 11.8 Å². The summed E-state index contributed by atoms with van der Waals surface area (Å²) < 4.78 is 5.83. The number of carbonyl (C=O) groups is 1. The van der Waals surface area contributed by atoms with Gasteiger partial charge in [-0.2, -0.15) is 0 Å². The standard InChI is InChI=1S/C19H25NO3/c21-18(23-17-13-20-10-8-15(17)9-11-20)19(22,16-6-7-16)12-14-4-2-1-3-5-14/h1-5,15-17,22H,6-13H2/t17-,19+/m0/s1. The molecule has 0 aromatic heterocycles. The Morgan fingerprint density at radius 2 is 1.87 bits per heavy atom. The zero-order chi connectivity index (χ0) is 15.9. The predicted octanol–water partition coefficient (Wildman–Crippen LogP) is 2.01. The van der Waals surface area contributed by atoms with Crippen LogP contribution in [-0.2, 0) is 16.0 Å². The lowest BCUT2D eigenvalue weighted by atomic mass is 9.85. The molecule has 4 heteroatoms. The molecule has 1 saturated carbocycles. The van der Waals surface area contributed by atoms with Gasteiger partial charge in [0.05, 0.1) is 0 Å². The maximum Gasteiger partial charge on any atom is 0.339 e. The summed E-state index contributed by atoms with van der Waals surface area (Å²) >= 11 is 0. The lowest BCUT2D eigenvalue weighted by molar-refractivity contribution is -0.182. The lowest BCUT2D eigenvalue weighted by Gasteiger charge is -2.44. The van der Waals surface area contributed by atoms with E-state index in [1.54, 1.807) is 0 Å². The number of fused-ring (bicyclic) bond motifs is 3. The van der Waals surface area contributed by atoms with Crippen molar-refractivity contribution in [3.63, 3.8) is 0 Å². The van der Waals surface area contributed by atoms with E-state index in [1.807, 2.05) is 30.3 Å². The number of ether oxygens (including phenoxy) is 1. The first-order chi connectivity index (χ1) is 11.1. The molecule has 0 radical (unpaired) electrons. The van der Waals surface area contributed by atoms with Crippen LogP contribution in [0.3, 0.4) is 0 Å². The van der Waals surface area contributed by atoms with E-state index >= 15 is 0 Å². The number of carbonyl (C=O) groups excluding carboxylic acids is 1. The summed E-state index contributed by atoms with van der Waals surface area (Å²) in [6.07, 6.45) is 4.37. The van der Waals surface area contributed by atoms with Crippen LogP contribution < -0.4 is 0 Å². The van der Waals surface area contributed by atoms with Gasteiger partial charge in [-0.25, -0.2) is 4.79 Å². The highest BCUT2D eigenvalue weighted by molar-refractivity contribution is 5.81. The zero-order valence-corrected chi connectivity index (χ0v) is 13.5. The molecule has 0 amide bonds. The summed E-state index contributed by atoms with van der Waals surface area (Å²) in [6.45, 7) is 3.08. The molecule has 5 rings (SSSR count). The third-order valence-electron chi connectivity index (χ3n) is 5.78. The van der Waals surface area contributed by atoms with E-state index < -0.39 is 11.6 Å². The first-order valence-electron chi connectivity index (χ1n) is 8.85. The molecule has 3 saturated heterocycles. The fourth-order valence-electron chi connectivity index (χ4n) is 4.13. The summed E-state index contributed by atoms with van der Waals surface area (Å²) in [5, 5.41) is 11.1. The molecule has 2 bridgehead atoms. The molecule has 0 unspecified atom stereocenters. The van der Waals surface area contributed by atoms with Gasteiger partial charge in [-0.1, -0.05) is 30.3 Å². The summed E-state index contributed by atoms with van der Waals surface area (Å²) in [4.78, 5) is 15.2. The van der Waals surface area contributed by atoms with Crippen LogP contribution in [-0.4, -0.2) is 47.3 Å². The first kappa shape index (κ1) is 15.2. The molecule has 3 aliphatic heterocycles. The van der Waals surface area contributed by atoms with Crippen molar-refractivity contribution in [1.29, 1.82) is 0 Å². The average molecular weight is 315 g/mol. The maximum atomic E-state index is 12.8. The Bertz CT molecular complexity index is 563. The number of esters is 1. The van der Waals surface area contributed by atoms with Gasteiger partial charge in [-0.15, -0.1) is 0 Å². The predicted molar refractivity (Wildman–Crippen MR) is 86.9 cm³/mol. The molecule has 4 fully saturated rings. The van der Waals surface area contributed by atoms with Crippen molar-refractivity contribution in [2.75, 3.05) is 19.6 Å². The van der Waals surface area contributed by atoms with Crippen LogP contribution in [0.25, 0.3) is 0 Å². The highest BCUT2D eigenvalue weighted by Gasteiger charge is 2.52. The minimum absolute atomic E-state index is 0.0361. The Balaban J connectivity index is 1.47. The van der Waals surface area contributed by atoms with Gasteiger partial charge in [0.25, 0.3) is 0 Å². The maximum absolute atomic E-state index is 12.8. The molecule has 1 N–H and O–H groups in total. The van der Waals surface area contributed by atoms with E-state index in [1.165, 1.54) is 0 Å². The number of rotatable bonds is 5. The van der Waals surface area contributed by atoms with Crippen molar-refractivity contribution in [2.45, 2.75) is 43.8 Å². The van der Waals surface area contributed by atoms with Gasteiger partial charge in [0, 0.05) is 13.0 Å². The molecule has 124 valence electrons. The first-order valence-corrected chi connectivity index (χ1v) is 8.85. The van der Waals surface area contributed by atoms with Gasteiger partial charge in [0.15, 0.2) is 5.60 Å². The topological polar surface area (TPSA) is 49.8 Å². The summed E-state index contributed by atoms with van der Waals surface area (Å²) in [5.41, 5.74) is -0.360. The Hall–Kier alpha value is -1.39. The van der Waals surface area contributed by atoms with E-state index in [0.717, 1.165) is 50.9 Å². The number of hydrogen-bond acceptors (Lipinski definition) is 4. The van der Waals surface area contributed by atoms with E-state index in [4.69, 9.17) is 4.74 Å². The van der Waals surface area contributed by atoms with Crippen molar-refractivity contribution in [1.82, 2.24) is 4.90 Å². The minimum Gasteiger partial charge on any atom is -0.459 e. The Labute approximate surface area is 137 Å². The Morgan fingerprint density at radius 1 is 1.17 bits per heavy atom. The number of piperidine rings is 3. The summed E-state index contributed by atoms with van der Waals surface area (Å²) in [7, 11) is 0. The molecule has 1 aromatic carbocycles. The molecular formula is C19H25NO3. The highest BCUT2D eigenvalue weighted by Crippen LogP contribution is 2.43. The second-order valence-electron chi connectivity index (χ2n) is 7.44. The largest absolute Gasteiger partial charge is 0.459 e. The fourth-order valence-corrected chi connectivity index (χ4v) is 4.13. The molecule has 1 aliphatic carbocycles. The van der Waals surface area contributed by atoms with Crippen molar-refractivity contribution >= 4 is 5.97 Å². The van der Waals surface area contributed by atoms with Crippen LogP contribution in [0.2, 0.25) is 0 Å². The molecule has 23 heavy (non-hydrogen) atoms. The quantitative estimate of drug-likeness (QED) is 0.845. The van der Waals surface area contributed by atoms with Gasteiger partial charge < -0.3 is 9.84 Å². The van der Waals surface area contributed by atoms with Crippen molar-refractivity contribution in [3.05, 3.63) is 35.9 Å². The van der Waals surface area contributed by atoms with Gasteiger partial charge in [-0.05, 0) is 56.2 Å². The Kier molecular flexibility index (Phi) is 3.90. The van der Waals surface area contributed by atoms with Gasteiger partial charge in [-0.3, -0.25) is 4.90 Å². The van der Waals surface area contributed by atoms with E-state index in [-0.39, 0.29) is 12.0 Å². The van der Waals surface area contributed by atoms with Crippen LogP contribution in [0.1, 0.15) is 31.2 Å². The third kappa shape index (κ3) is 3.02. The molecule has 2 atom stereocenters. The molecule has 3 heterocycles. The molecule has 4 aliphatic rings. The molecule has 0 spiro atoms. The SMILES string of the molecule is O=C(O[C@H]1CN2CCC1CC2)[C@@](O)(Cc1ccccc1)C1CC1. The molecule has 4 nitrogen and oxygen atoms in total. The summed E-state index contributed by atoms with van der Waals surface area (Å²) in [6, 6.07) is 9.78. The molecular weight excluding hydrogens is 290 g/mol. The smallest absolute Gasteiger partial charge is 0.339 e. The number of nitrogens with zero attached hydrogens (tertiary/aromatic N) is 1. The number of aliphatic hydroxyl groups is 1. The van der Waals surface area contributed by atoms with Crippen LogP contribution >= 0.6 is 0 Å². The number of hydrogen-bond donors (Lipinski definition) is 1.